The number of nitrogens with zero attached hydrogens (tertiary/aromatic N) is 1. The van der Waals surface area contributed by atoms with Gasteiger partial charge in [0.1, 0.15) is 0 Å². The number of benzene rings is 1. The molecule has 1 saturated heterocycles. The lowest BCUT2D eigenvalue weighted by Gasteiger charge is -2.38. The van der Waals surface area contributed by atoms with Gasteiger partial charge in [0.25, 0.3) is 5.92 Å². The second-order valence-electron chi connectivity index (χ2n) is 3.63. The molecule has 1 aliphatic rings. The van der Waals surface area contributed by atoms with Crippen LogP contribution in [0.15, 0.2) is 28.7 Å². The van der Waals surface area contributed by atoms with E-state index in [9.17, 15) is 8.78 Å². The fourth-order valence-electron chi connectivity index (χ4n) is 1.57. The Hall–Kier alpha value is -0.480. The highest BCUT2D eigenvalue weighted by molar-refractivity contribution is 9.10. The van der Waals surface area contributed by atoms with Gasteiger partial charge in [-0.25, -0.2) is 8.78 Å². The molecule has 0 aliphatic carbocycles. The third kappa shape index (κ3) is 2.30. The molecule has 0 amide bonds. The van der Waals surface area contributed by atoms with Gasteiger partial charge >= 0.3 is 0 Å². The highest BCUT2D eigenvalue weighted by Gasteiger charge is 2.43. The number of halogens is 3. The Morgan fingerprint density at radius 2 is 1.79 bits per heavy atom. The molecule has 1 aromatic carbocycles. The van der Waals surface area contributed by atoms with Crippen molar-refractivity contribution >= 4 is 15.9 Å². The fourth-order valence-corrected chi connectivity index (χ4v) is 1.83. The Bertz CT molecular complexity index is 315. The summed E-state index contributed by atoms with van der Waals surface area (Å²) in [5, 5.41) is 0. The maximum absolute atomic E-state index is 12.5. The van der Waals surface area contributed by atoms with Crippen LogP contribution in [0.4, 0.5) is 8.78 Å². The number of alkyl halides is 2. The van der Waals surface area contributed by atoms with Crippen molar-refractivity contribution in [3.05, 3.63) is 34.3 Å². The molecule has 76 valence electrons. The first-order valence-corrected chi connectivity index (χ1v) is 5.19. The third-order valence-electron chi connectivity index (χ3n) is 2.23. The molecule has 2 rings (SSSR count). The molecular formula is C10H10BrF2N. The first kappa shape index (κ1) is 10.1. The van der Waals surface area contributed by atoms with Gasteiger partial charge in [0.15, 0.2) is 0 Å². The van der Waals surface area contributed by atoms with E-state index in [1.54, 1.807) is 4.90 Å². The third-order valence-corrected chi connectivity index (χ3v) is 2.76. The van der Waals surface area contributed by atoms with Gasteiger partial charge < -0.3 is 0 Å². The summed E-state index contributed by atoms with van der Waals surface area (Å²) in [6.07, 6.45) is 0. The zero-order chi connectivity index (χ0) is 10.2. The van der Waals surface area contributed by atoms with Crippen molar-refractivity contribution in [2.75, 3.05) is 13.1 Å². The Kier molecular flexibility index (Phi) is 2.58. The summed E-state index contributed by atoms with van der Waals surface area (Å²) < 4.78 is 26.0. The lowest BCUT2D eigenvalue weighted by molar-refractivity contribution is -0.133. The highest BCUT2D eigenvalue weighted by Crippen LogP contribution is 2.28. The predicted octanol–water partition coefficient (Wildman–Crippen LogP) is 2.90. The predicted molar refractivity (Wildman–Crippen MR) is 54.4 cm³/mol. The molecule has 0 spiro atoms. The van der Waals surface area contributed by atoms with Crippen molar-refractivity contribution in [3.63, 3.8) is 0 Å². The van der Waals surface area contributed by atoms with E-state index in [4.69, 9.17) is 0 Å². The highest BCUT2D eigenvalue weighted by atomic mass is 79.9. The molecule has 0 N–H and O–H groups in total. The average molecular weight is 262 g/mol. The van der Waals surface area contributed by atoms with Crippen molar-refractivity contribution in [1.29, 1.82) is 0 Å². The molecule has 4 heteroatoms. The number of likely N-dealkylation sites (tertiary alicyclic amines) is 1. The van der Waals surface area contributed by atoms with Crippen LogP contribution in [0.2, 0.25) is 0 Å². The fraction of sp³-hybridized carbons (Fsp3) is 0.400. The van der Waals surface area contributed by atoms with Crippen molar-refractivity contribution in [2.24, 2.45) is 0 Å². The Morgan fingerprint density at radius 3 is 2.29 bits per heavy atom. The maximum atomic E-state index is 12.5. The Labute approximate surface area is 89.8 Å². The molecule has 1 aromatic rings. The van der Waals surface area contributed by atoms with Crippen LogP contribution in [0.25, 0.3) is 0 Å². The van der Waals surface area contributed by atoms with Crippen LogP contribution < -0.4 is 0 Å². The van der Waals surface area contributed by atoms with Crippen molar-refractivity contribution < 1.29 is 8.78 Å². The number of hydrogen-bond donors (Lipinski definition) is 0. The van der Waals surface area contributed by atoms with E-state index in [0.717, 1.165) is 10.0 Å². The number of hydrogen-bond acceptors (Lipinski definition) is 1. The van der Waals surface area contributed by atoms with Crippen molar-refractivity contribution in [3.8, 4) is 0 Å². The van der Waals surface area contributed by atoms with Gasteiger partial charge in [-0.2, -0.15) is 0 Å². The monoisotopic (exact) mass is 261 g/mol. The quantitative estimate of drug-likeness (QED) is 0.792. The molecule has 14 heavy (non-hydrogen) atoms. The van der Waals surface area contributed by atoms with Gasteiger partial charge in [0, 0.05) is 11.0 Å². The summed E-state index contributed by atoms with van der Waals surface area (Å²) in [6, 6.07) is 7.74. The summed E-state index contributed by atoms with van der Waals surface area (Å²) in [5.41, 5.74) is 1.07. The van der Waals surface area contributed by atoms with E-state index in [-0.39, 0.29) is 13.1 Å². The zero-order valence-corrected chi connectivity index (χ0v) is 9.10. The summed E-state index contributed by atoms with van der Waals surface area (Å²) in [7, 11) is 0. The SMILES string of the molecule is FC1(F)CN(Cc2ccc(Br)cc2)C1. The molecule has 0 saturated carbocycles. The van der Waals surface area contributed by atoms with Crippen LogP contribution in [-0.4, -0.2) is 23.9 Å². The van der Waals surface area contributed by atoms with Gasteiger partial charge in [0.2, 0.25) is 0 Å². The number of rotatable bonds is 2. The lowest BCUT2D eigenvalue weighted by Crippen LogP contribution is -2.55. The minimum Gasteiger partial charge on any atom is -0.287 e. The molecule has 1 nitrogen and oxygen atoms in total. The lowest BCUT2D eigenvalue weighted by atomic mass is 10.1. The van der Waals surface area contributed by atoms with Crippen LogP contribution in [0.3, 0.4) is 0 Å². The van der Waals surface area contributed by atoms with E-state index in [1.165, 1.54) is 0 Å². The standard InChI is InChI=1S/C10H10BrF2N/c11-9-3-1-8(2-4-9)5-14-6-10(12,13)7-14/h1-4H,5-7H2. The maximum Gasteiger partial charge on any atom is 0.272 e. The molecule has 0 aromatic heterocycles. The van der Waals surface area contributed by atoms with Crippen molar-refractivity contribution in [1.82, 2.24) is 4.90 Å². The van der Waals surface area contributed by atoms with Crippen LogP contribution >= 0.6 is 15.9 Å². The van der Waals surface area contributed by atoms with Crippen LogP contribution in [0.1, 0.15) is 5.56 Å². The van der Waals surface area contributed by atoms with Gasteiger partial charge in [-0.15, -0.1) is 0 Å². The Morgan fingerprint density at radius 1 is 1.21 bits per heavy atom. The molecule has 0 bridgehead atoms. The zero-order valence-electron chi connectivity index (χ0n) is 7.51. The van der Waals surface area contributed by atoms with E-state index in [1.807, 2.05) is 24.3 Å². The molecule has 0 unspecified atom stereocenters. The molecule has 0 atom stereocenters. The minimum atomic E-state index is -2.46. The minimum absolute atomic E-state index is 0.108. The second kappa shape index (κ2) is 3.59. The van der Waals surface area contributed by atoms with Crippen LogP contribution in [0, 0.1) is 0 Å². The molecular weight excluding hydrogens is 252 g/mol. The largest absolute Gasteiger partial charge is 0.287 e. The van der Waals surface area contributed by atoms with Gasteiger partial charge in [-0.05, 0) is 17.7 Å². The first-order chi connectivity index (χ1) is 6.55. The first-order valence-electron chi connectivity index (χ1n) is 4.40. The molecule has 1 heterocycles. The summed E-state index contributed by atoms with van der Waals surface area (Å²) >= 11 is 3.33. The Balaban J connectivity index is 1.90. The topological polar surface area (TPSA) is 3.24 Å². The van der Waals surface area contributed by atoms with E-state index in [2.05, 4.69) is 15.9 Å². The summed E-state index contributed by atoms with van der Waals surface area (Å²) in [4.78, 5) is 1.74. The van der Waals surface area contributed by atoms with E-state index >= 15 is 0 Å². The van der Waals surface area contributed by atoms with Gasteiger partial charge in [-0.3, -0.25) is 4.90 Å². The average Bonchev–Trinajstić information content (AvgIpc) is 2.06. The molecule has 1 aliphatic heterocycles. The van der Waals surface area contributed by atoms with Crippen LogP contribution in [-0.2, 0) is 6.54 Å². The smallest absolute Gasteiger partial charge is 0.272 e. The summed E-state index contributed by atoms with van der Waals surface area (Å²) in [5.74, 6) is -2.46. The van der Waals surface area contributed by atoms with Gasteiger partial charge in [0.05, 0.1) is 13.1 Å². The van der Waals surface area contributed by atoms with Gasteiger partial charge in [-0.1, -0.05) is 28.1 Å². The van der Waals surface area contributed by atoms with E-state index < -0.39 is 5.92 Å². The van der Waals surface area contributed by atoms with Crippen LogP contribution in [0.5, 0.6) is 0 Å². The molecule has 0 radical (unpaired) electrons. The second-order valence-corrected chi connectivity index (χ2v) is 4.54. The summed E-state index contributed by atoms with van der Waals surface area (Å²) in [6.45, 7) is 0.398. The normalized spacial score (nSPS) is 20.5. The van der Waals surface area contributed by atoms with Crippen molar-refractivity contribution in [2.45, 2.75) is 12.5 Å². The molecule has 1 fully saturated rings. The van der Waals surface area contributed by atoms with E-state index in [0.29, 0.717) is 6.54 Å².